The van der Waals surface area contributed by atoms with Gasteiger partial charge in [0, 0.05) is 10.6 Å². The van der Waals surface area contributed by atoms with Gasteiger partial charge < -0.3 is 5.32 Å². The topological polar surface area (TPSA) is 12.0 Å². The average molecular weight is 307 g/mol. The molecule has 0 unspecified atom stereocenters. The third-order valence-corrected chi connectivity index (χ3v) is 4.06. The summed E-state index contributed by atoms with van der Waals surface area (Å²) < 4.78 is 14.4. The molecule has 2 rings (SSSR count). The van der Waals surface area contributed by atoms with E-state index < -0.39 is 0 Å². The van der Waals surface area contributed by atoms with Crippen molar-refractivity contribution in [1.82, 2.24) is 5.32 Å². The molecule has 0 amide bonds. The standard InChI is InChI=1S/C12H14BrClFN/c13-10-1-2-11(14)9(12(10)15)7-8-3-5-16-6-4-8/h1-2,8,16H,3-7H2. The lowest BCUT2D eigenvalue weighted by molar-refractivity contribution is 0.368. The van der Waals surface area contributed by atoms with Crippen LogP contribution in [-0.2, 0) is 6.42 Å². The molecule has 0 bridgehead atoms. The van der Waals surface area contributed by atoms with E-state index in [0.717, 1.165) is 32.4 Å². The molecule has 1 aliphatic heterocycles. The van der Waals surface area contributed by atoms with Crippen LogP contribution < -0.4 is 5.32 Å². The second-order valence-corrected chi connectivity index (χ2v) is 5.48. The lowest BCUT2D eigenvalue weighted by Crippen LogP contribution is -2.28. The summed E-state index contributed by atoms with van der Waals surface area (Å²) in [5.74, 6) is 0.341. The van der Waals surface area contributed by atoms with Gasteiger partial charge in [0.1, 0.15) is 5.82 Å². The van der Waals surface area contributed by atoms with Crippen LogP contribution in [0.5, 0.6) is 0 Å². The van der Waals surface area contributed by atoms with E-state index in [2.05, 4.69) is 21.2 Å². The van der Waals surface area contributed by atoms with Gasteiger partial charge in [0.2, 0.25) is 0 Å². The molecule has 0 radical (unpaired) electrons. The minimum atomic E-state index is -0.203. The maximum absolute atomic E-state index is 13.9. The lowest BCUT2D eigenvalue weighted by atomic mass is 9.91. The smallest absolute Gasteiger partial charge is 0.142 e. The Bertz CT molecular complexity index is 378. The number of rotatable bonds is 2. The predicted molar refractivity (Wildman–Crippen MR) is 68.4 cm³/mol. The van der Waals surface area contributed by atoms with Crippen molar-refractivity contribution in [3.05, 3.63) is 33.0 Å². The summed E-state index contributed by atoms with van der Waals surface area (Å²) in [7, 11) is 0. The van der Waals surface area contributed by atoms with Crippen molar-refractivity contribution in [1.29, 1.82) is 0 Å². The molecule has 1 fully saturated rings. The van der Waals surface area contributed by atoms with Gasteiger partial charge in [0.15, 0.2) is 0 Å². The van der Waals surface area contributed by atoms with E-state index >= 15 is 0 Å². The Morgan fingerprint density at radius 1 is 1.38 bits per heavy atom. The highest BCUT2D eigenvalue weighted by Gasteiger charge is 2.18. The molecule has 4 heteroatoms. The normalized spacial score (nSPS) is 17.7. The monoisotopic (exact) mass is 305 g/mol. The van der Waals surface area contributed by atoms with Gasteiger partial charge in [-0.2, -0.15) is 0 Å². The number of halogens is 3. The molecule has 1 N–H and O–H groups in total. The maximum Gasteiger partial charge on any atom is 0.142 e. The van der Waals surface area contributed by atoms with Gasteiger partial charge in [-0.05, 0) is 66.3 Å². The van der Waals surface area contributed by atoms with Crippen LogP contribution in [0.1, 0.15) is 18.4 Å². The van der Waals surface area contributed by atoms with Gasteiger partial charge in [-0.1, -0.05) is 11.6 Å². The first-order valence-electron chi connectivity index (χ1n) is 5.51. The van der Waals surface area contributed by atoms with E-state index in [1.807, 2.05) is 0 Å². The Hall–Kier alpha value is -0.120. The Labute approximate surface area is 109 Å². The summed E-state index contributed by atoms with van der Waals surface area (Å²) in [5, 5.41) is 3.85. The highest BCUT2D eigenvalue weighted by Crippen LogP contribution is 2.29. The summed E-state index contributed by atoms with van der Waals surface area (Å²) in [6.07, 6.45) is 2.94. The van der Waals surface area contributed by atoms with Crippen molar-refractivity contribution >= 4 is 27.5 Å². The molecule has 1 aliphatic rings. The summed E-state index contributed by atoms with van der Waals surface area (Å²) >= 11 is 9.24. The molecule has 16 heavy (non-hydrogen) atoms. The number of benzene rings is 1. The molecule has 0 spiro atoms. The van der Waals surface area contributed by atoms with E-state index in [9.17, 15) is 4.39 Å². The Morgan fingerprint density at radius 3 is 2.75 bits per heavy atom. The SMILES string of the molecule is Fc1c(Br)ccc(Cl)c1CC1CCNCC1. The third-order valence-electron chi connectivity index (χ3n) is 3.09. The van der Waals surface area contributed by atoms with Crippen molar-refractivity contribution in [3.63, 3.8) is 0 Å². The van der Waals surface area contributed by atoms with Crippen LogP contribution >= 0.6 is 27.5 Å². The van der Waals surface area contributed by atoms with Gasteiger partial charge in [0.05, 0.1) is 4.47 Å². The van der Waals surface area contributed by atoms with Crippen molar-refractivity contribution < 1.29 is 4.39 Å². The third kappa shape index (κ3) is 2.76. The molecular weight excluding hydrogens is 292 g/mol. The summed E-state index contributed by atoms with van der Waals surface area (Å²) in [6.45, 7) is 2.05. The van der Waals surface area contributed by atoms with Crippen LogP contribution in [0.4, 0.5) is 4.39 Å². The summed E-state index contributed by atoms with van der Waals surface area (Å²) in [6, 6.07) is 3.41. The number of nitrogens with one attached hydrogen (secondary N) is 1. The molecule has 0 aromatic heterocycles. The molecule has 1 aromatic rings. The second-order valence-electron chi connectivity index (χ2n) is 4.22. The maximum atomic E-state index is 13.9. The van der Waals surface area contributed by atoms with Crippen LogP contribution in [-0.4, -0.2) is 13.1 Å². The summed E-state index contributed by atoms with van der Waals surface area (Å²) in [4.78, 5) is 0. The molecule has 0 saturated carbocycles. The van der Waals surface area contributed by atoms with Gasteiger partial charge in [0.25, 0.3) is 0 Å². The minimum Gasteiger partial charge on any atom is -0.317 e. The quantitative estimate of drug-likeness (QED) is 0.820. The zero-order valence-electron chi connectivity index (χ0n) is 8.90. The average Bonchev–Trinajstić information content (AvgIpc) is 2.31. The van der Waals surface area contributed by atoms with Crippen molar-refractivity contribution in [2.75, 3.05) is 13.1 Å². The van der Waals surface area contributed by atoms with E-state index in [0.29, 0.717) is 21.0 Å². The van der Waals surface area contributed by atoms with E-state index in [1.165, 1.54) is 0 Å². The zero-order chi connectivity index (χ0) is 11.5. The number of hydrogen-bond donors (Lipinski definition) is 1. The molecule has 88 valence electrons. The molecule has 1 aromatic carbocycles. The Morgan fingerprint density at radius 2 is 2.06 bits per heavy atom. The molecule has 0 aliphatic carbocycles. The predicted octanol–water partition coefficient (Wildman–Crippen LogP) is 3.78. The highest BCUT2D eigenvalue weighted by molar-refractivity contribution is 9.10. The first-order valence-corrected chi connectivity index (χ1v) is 6.68. The van der Waals surface area contributed by atoms with Crippen LogP contribution in [0.2, 0.25) is 5.02 Å². The van der Waals surface area contributed by atoms with Crippen LogP contribution in [0.3, 0.4) is 0 Å². The first kappa shape index (κ1) is 12.3. The van der Waals surface area contributed by atoms with Gasteiger partial charge in [-0.15, -0.1) is 0 Å². The lowest BCUT2D eigenvalue weighted by Gasteiger charge is -2.23. The van der Waals surface area contributed by atoms with Crippen LogP contribution in [0.15, 0.2) is 16.6 Å². The number of piperidine rings is 1. The Kier molecular flexibility index (Phi) is 4.22. The fourth-order valence-electron chi connectivity index (χ4n) is 2.13. The van der Waals surface area contributed by atoms with Gasteiger partial charge in [-0.25, -0.2) is 4.39 Å². The van der Waals surface area contributed by atoms with E-state index in [1.54, 1.807) is 12.1 Å². The second kappa shape index (κ2) is 5.48. The largest absolute Gasteiger partial charge is 0.317 e. The molecular formula is C12H14BrClFN. The zero-order valence-corrected chi connectivity index (χ0v) is 11.2. The Balaban J connectivity index is 2.16. The number of hydrogen-bond acceptors (Lipinski definition) is 1. The first-order chi connectivity index (χ1) is 7.68. The highest BCUT2D eigenvalue weighted by atomic mass is 79.9. The fourth-order valence-corrected chi connectivity index (χ4v) is 2.73. The van der Waals surface area contributed by atoms with Crippen LogP contribution in [0, 0.1) is 11.7 Å². The molecule has 1 heterocycles. The molecule has 1 saturated heterocycles. The van der Waals surface area contributed by atoms with Gasteiger partial charge >= 0.3 is 0 Å². The molecule has 0 atom stereocenters. The summed E-state index contributed by atoms with van der Waals surface area (Å²) in [5.41, 5.74) is 0.656. The van der Waals surface area contributed by atoms with Crippen LogP contribution in [0.25, 0.3) is 0 Å². The fraction of sp³-hybridized carbons (Fsp3) is 0.500. The minimum absolute atomic E-state index is 0.203. The van der Waals surface area contributed by atoms with E-state index in [4.69, 9.17) is 11.6 Å². The van der Waals surface area contributed by atoms with Gasteiger partial charge in [-0.3, -0.25) is 0 Å². The van der Waals surface area contributed by atoms with E-state index in [-0.39, 0.29) is 5.82 Å². The van der Waals surface area contributed by atoms with Crippen molar-refractivity contribution in [2.24, 2.45) is 5.92 Å². The van der Waals surface area contributed by atoms with Crippen molar-refractivity contribution in [3.8, 4) is 0 Å². The van der Waals surface area contributed by atoms with Crippen molar-refractivity contribution in [2.45, 2.75) is 19.3 Å². The molecule has 1 nitrogen and oxygen atoms in total.